The standard InChI is InChI=1S/C25H28FN5O3/c1-15-12-18(17-4-5-17)14-27-22(15)29-8-10-30(11-9-29)24(33)20-7-6-19(13-21(20)26)31-16(2)23(32)28(3)25(31)34/h6-7,12-14,17,32H,4-5,8-11H2,1-3H3. The van der Waals surface area contributed by atoms with Crippen molar-refractivity contribution < 1.29 is 14.3 Å². The van der Waals surface area contributed by atoms with Gasteiger partial charge in [-0.25, -0.2) is 14.2 Å². The zero-order valence-corrected chi connectivity index (χ0v) is 19.6. The summed E-state index contributed by atoms with van der Waals surface area (Å²) in [6, 6.07) is 6.30. The number of aromatic nitrogens is 3. The van der Waals surface area contributed by atoms with Crippen molar-refractivity contribution in [2.75, 3.05) is 31.1 Å². The van der Waals surface area contributed by atoms with E-state index in [0.717, 1.165) is 22.0 Å². The Balaban J connectivity index is 1.29. The molecule has 5 rings (SSSR count). The number of carbonyl (C=O) groups is 1. The predicted octanol–water partition coefficient (Wildman–Crippen LogP) is 2.87. The summed E-state index contributed by atoms with van der Waals surface area (Å²) in [5, 5.41) is 9.99. The second-order valence-corrected chi connectivity index (χ2v) is 9.21. The molecule has 1 amide bonds. The molecule has 3 aromatic rings. The fourth-order valence-corrected chi connectivity index (χ4v) is 4.70. The average molecular weight is 466 g/mol. The lowest BCUT2D eigenvalue weighted by molar-refractivity contribution is 0.0742. The van der Waals surface area contributed by atoms with Gasteiger partial charge < -0.3 is 14.9 Å². The molecule has 0 unspecified atom stereocenters. The van der Waals surface area contributed by atoms with Crippen LogP contribution in [-0.4, -0.2) is 56.2 Å². The number of aryl methyl sites for hydroxylation is 1. The maximum Gasteiger partial charge on any atom is 0.335 e. The largest absolute Gasteiger partial charge is 0.493 e. The third kappa shape index (κ3) is 3.74. The Morgan fingerprint density at radius 2 is 1.82 bits per heavy atom. The topological polar surface area (TPSA) is 83.6 Å². The normalized spacial score (nSPS) is 16.2. The van der Waals surface area contributed by atoms with Gasteiger partial charge in [0.15, 0.2) is 0 Å². The Labute approximate surface area is 196 Å². The third-order valence-electron chi connectivity index (χ3n) is 6.88. The molecular formula is C25H28FN5O3. The first-order valence-electron chi connectivity index (χ1n) is 11.5. The minimum Gasteiger partial charge on any atom is -0.493 e. The van der Waals surface area contributed by atoms with E-state index in [0.29, 0.717) is 37.8 Å². The van der Waals surface area contributed by atoms with Crippen LogP contribution in [0.4, 0.5) is 10.2 Å². The number of piperazine rings is 1. The third-order valence-corrected chi connectivity index (χ3v) is 6.88. The van der Waals surface area contributed by atoms with Gasteiger partial charge in [0.1, 0.15) is 11.6 Å². The molecule has 2 aliphatic rings. The van der Waals surface area contributed by atoms with Crippen LogP contribution in [0.25, 0.3) is 5.69 Å². The van der Waals surface area contributed by atoms with Crippen molar-refractivity contribution in [2.24, 2.45) is 7.05 Å². The highest BCUT2D eigenvalue weighted by atomic mass is 19.1. The summed E-state index contributed by atoms with van der Waals surface area (Å²) in [7, 11) is 1.44. The van der Waals surface area contributed by atoms with Gasteiger partial charge in [0, 0.05) is 39.4 Å². The van der Waals surface area contributed by atoms with Gasteiger partial charge in [-0.1, -0.05) is 6.07 Å². The van der Waals surface area contributed by atoms with Crippen molar-refractivity contribution in [1.82, 2.24) is 19.0 Å². The molecule has 1 aliphatic carbocycles. The predicted molar refractivity (Wildman–Crippen MR) is 126 cm³/mol. The lowest BCUT2D eigenvalue weighted by atomic mass is 10.1. The fourth-order valence-electron chi connectivity index (χ4n) is 4.70. The van der Waals surface area contributed by atoms with E-state index in [1.807, 2.05) is 6.20 Å². The Morgan fingerprint density at radius 1 is 1.12 bits per heavy atom. The molecule has 2 aromatic heterocycles. The van der Waals surface area contributed by atoms with Crippen LogP contribution in [-0.2, 0) is 7.05 Å². The van der Waals surface area contributed by atoms with E-state index >= 15 is 0 Å². The van der Waals surface area contributed by atoms with Gasteiger partial charge in [0.2, 0.25) is 5.88 Å². The zero-order chi connectivity index (χ0) is 24.1. The molecule has 2 fully saturated rings. The first-order valence-corrected chi connectivity index (χ1v) is 11.5. The first-order chi connectivity index (χ1) is 16.3. The summed E-state index contributed by atoms with van der Waals surface area (Å²) in [5.74, 6) is 0.339. The number of nitrogens with zero attached hydrogens (tertiary/aromatic N) is 5. The number of benzene rings is 1. The maximum atomic E-state index is 15.0. The van der Waals surface area contributed by atoms with Crippen LogP contribution in [0.5, 0.6) is 5.88 Å². The molecule has 0 bridgehead atoms. The lowest BCUT2D eigenvalue weighted by Crippen LogP contribution is -2.49. The molecule has 3 heterocycles. The van der Waals surface area contributed by atoms with Gasteiger partial charge in [-0.3, -0.25) is 13.9 Å². The molecule has 1 saturated carbocycles. The number of pyridine rings is 1. The van der Waals surface area contributed by atoms with E-state index in [1.54, 1.807) is 11.8 Å². The van der Waals surface area contributed by atoms with Gasteiger partial charge in [-0.15, -0.1) is 0 Å². The Bertz CT molecular complexity index is 1330. The minimum atomic E-state index is -0.701. The number of carbonyl (C=O) groups excluding carboxylic acids is 1. The van der Waals surface area contributed by atoms with Crippen LogP contribution in [0, 0.1) is 19.7 Å². The Kier molecular flexibility index (Phi) is 5.42. The van der Waals surface area contributed by atoms with Crippen molar-refractivity contribution in [1.29, 1.82) is 0 Å². The summed E-state index contributed by atoms with van der Waals surface area (Å²) in [6.45, 7) is 5.83. The van der Waals surface area contributed by atoms with E-state index < -0.39 is 11.5 Å². The molecule has 1 N–H and O–H groups in total. The minimum absolute atomic E-state index is 0.0360. The van der Waals surface area contributed by atoms with Gasteiger partial charge in [-0.05, 0) is 61.9 Å². The van der Waals surface area contributed by atoms with Gasteiger partial charge in [-0.2, -0.15) is 0 Å². The van der Waals surface area contributed by atoms with Crippen molar-refractivity contribution in [3.05, 3.63) is 69.1 Å². The second-order valence-electron chi connectivity index (χ2n) is 9.21. The molecule has 1 aliphatic heterocycles. The summed E-state index contributed by atoms with van der Waals surface area (Å²) in [6.07, 6.45) is 4.44. The van der Waals surface area contributed by atoms with E-state index in [9.17, 15) is 19.1 Å². The molecule has 0 radical (unpaired) electrons. The lowest BCUT2D eigenvalue weighted by Gasteiger charge is -2.36. The SMILES string of the molecule is Cc1cc(C2CC2)cnc1N1CCN(C(=O)c2ccc(-n3c(C)c(O)n(C)c3=O)cc2F)CC1. The number of anilines is 1. The molecule has 0 spiro atoms. The van der Waals surface area contributed by atoms with E-state index in [-0.39, 0.29) is 23.0 Å². The second kappa shape index (κ2) is 8.30. The van der Waals surface area contributed by atoms with Crippen LogP contribution < -0.4 is 10.6 Å². The quantitative estimate of drug-likeness (QED) is 0.641. The van der Waals surface area contributed by atoms with Crippen molar-refractivity contribution >= 4 is 11.7 Å². The van der Waals surface area contributed by atoms with Crippen LogP contribution in [0.15, 0.2) is 35.3 Å². The van der Waals surface area contributed by atoms with Gasteiger partial charge in [0.05, 0.1) is 16.9 Å². The van der Waals surface area contributed by atoms with Crippen LogP contribution in [0.2, 0.25) is 0 Å². The summed E-state index contributed by atoms with van der Waals surface area (Å²) in [4.78, 5) is 33.9. The molecule has 178 valence electrons. The molecular weight excluding hydrogens is 437 g/mol. The van der Waals surface area contributed by atoms with E-state index in [2.05, 4.69) is 22.9 Å². The van der Waals surface area contributed by atoms with E-state index in [1.165, 1.54) is 42.2 Å². The summed E-state index contributed by atoms with van der Waals surface area (Å²) in [5.41, 5.74) is 2.48. The highest BCUT2D eigenvalue weighted by Gasteiger charge is 2.28. The Morgan fingerprint density at radius 3 is 2.38 bits per heavy atom. The number of rotatable bonds is 4. The first kappa shape index (κ1) is 22.2. The maximum absolute atomic E-state index is 15.0. The number of aromatic hydroxyl groups is 1. The highest BCUT2D eigenvalue weighted by molar-refractivity contribution is 5.95. The number of amides is 1. The van der Waals surface area contributed by atoms with Crippen molar-refractivity contribution in [3.8, 4) is 11.6 Å². The summed E-state index contributed by atoms with van der Waals surface area (Å²) >= 11 is 0. The van der Waals surface area contributed by atoms with Gasteiger partial charge >= 0.3 is 5.69 Å². The molecule has 9 heteroatoms. The van der Waals surface area contributed by atoms with Crippen LogP contribution >= 0.6 is 0 Å². The number of halogens is 1. The molecule has 34 heavy (non-hydrogen) atoms. The smallest absolute Gasteiger partial charge is 0.335 e. The zero-order valence-electron chi connectivity index (χ0n) is 19.6. The number of imidazole rings is 1. The van der Waals surface area contributed by atoms with Crippen LogP contribution in [0.1, 0.15) is 45.9 Å². The number of hydrogen-bond donors (Lipinski definition) is 1. The molecule has 8 nitrogen and oxygen atoms in total. The summed E-state index contributed by atoms with van der Waals surface area (Å²) < 4.78 is 17.3. The van der Waals surface area contributed by atoms with Crippen LogP contribution in [0.3, 0.4) is 0 Å². The average Bonchev–Trinajstić information content (AvgIpc) is 3.66. The molecule has 1 saturated heterocycles. The molecule has 1 aromatic carbocycles. The highest BCUT2D eigenvalue weighted by Crippen LogP contribution is 2.40. The van der Waals surface area contributed by atoms with Gasteiger partial charge in [0.25, 0.3) is 5.91 Å². The van der Waals surface area contributed by atoms with Crippen molar-refractivity contribution in [2.45, 2.75) is 32.6 Å². The molecule has 0 atom stereocenters. The number of hydrogen-bond acceptors (Lipinski definition) is 5. The fraction of sp³-hybridized carbons (Fsp3) is 0.400. The monoisotopic (exact) mass is 465 g/mol. The Hall–Kier alpha value is -3.62. The van der Waals surface area contributed by atoms with E-state index in [4.69, 9.17) is 0 Å². The van der Waals surface area contributed by atoms with Crippen molar-refractivity contribution in [3.63, 3.8) is 0 Å².